The lowest BCUT2D eigenvalue weighted by Crippen LogP contribution is -2.22. The maximum Gasteiger partial charge on any atom is 0.270 e. The number of benzene rings is 2. The van der Waals surface area contributed by atoms with Crippen LogP contribution in [0.15, 0.2) is 40.2 Å². The van der Waals surface area contributed by atoms with Gasteiger partial charge in [-0.25, -0.2) is 12.7 Å². The Hall–Kier alpha value is -2.78. The van der Waals surface area contributed by atoms with Crippen LogP contribution in [0.2, 0.25) is 0 Å². The second-order valence-electron chi connectivity index (χ2n) is 5.91. The van der Waals surface area contributed by atoms with Crippen molar-refractivity contribution in [1.82, 2.24) is 4.31 Å². The number of nitrogens with zero attached hydrogens (tertiary/aromatic N) is 3. The monoisotopic (exact) mass is 376 g/mol. The second kappa shape index (κ2) is 7.22. The molecule has 2 aromatic rings. The third-order valence-electron chi connectivity index (χ3n) is 3.94. The van der Waals surface area contributed by atoms with Crippen molar-refractivity contribution in [2.45, 2.75) is 18.7 Å². The minimum Gasteiger partial charge on any atom is -0.872 e. The average molecular weight is 376 g/mol. The Bertz CT molecular complexity index is 998. The van der Waals surface area contributed by atoms with Gasteiger partial charge in [0, 0.05) is 32.4 Å². The predicted octanol–water partition coefficient (Wildman–Crippen LogP) is 2.29. The molecule has 9 heteroatoms. The Morgan fingerprint density at radius 1 is 1.15 bits per heavy atom. The Morgan fingerprint density at radius 2 is 1.81 bits per heavy atom. The van der Waals surface area contributed by atoms with Gasteiger partial charge < -0.3 is 5.11 Å². The minimum atomic E-state index is -3.64. The van der Waals surface area contributed by atoms with Crippen LogP contribution in [0.4, 0.5) is 11.4 Å². The van der Waals surface area contributed by atoms with Gasteiger partial charge >= 0.3 is 0 Å². The Kier molecular flexibility index (Phi) is 5.43. The molecule has 0 radical (unpaired) electrons. The summed E-state index contributed by atoms with van der Waals surface area (Å²) in [6.45, 7) is 3.54. The van der Waals surface area contributed by atoms with Gasteiger partial charge in [-0.1, -0.05) is 11.8 Å². The fourth-order valence-electron chi connectivity index (χ4n) is 2.19. The van der Waals surface area contributed by atoms with Gasteiger partial charge in [-0.05, 0) is 42.7 Å². The lowest BCUT2D eigenvalue weighted by molar-refractivity contribution is -0.385. The number of rotatable bonds is 5. The minimum absolute atomic E-state index is 0.0529. The van der Waals surface area contributed by atoms with Gasteiger partial charge in [0.05, 0.1) is 15.5 Å². The van der Waals surface area contributed by atoms with E-state index in [4.69, 9.17) is 0 Å². The molecule has 0 amide bonds. The highest BCUT2D eigenvalue weighted by Gasteiger charge is 2.19. The molecule has 0 N–H and O–H groups in total. The SMILES string of the molecule is Cc1cc(S(=O)(=O)N(C)C)cc(N=Cc2cc([N+](=O)[O-])ccc2[O-])c1C. The summed E-state index contributed by atoms with van der Waals surface area (Å²) in [5, 5.41) is 22.7. The van der Waals surface area contributed by atoms with Gasteiger partial charge in [-0.15, -0.1) is 0 Å². The van der Waals surface area contributed by atoms with Gasteiger partial charge in [0.15, 0.2) is 0 Å². The molecule has 0 aromatic heterocycles. The van der Waals surface area contributed by atoms with E-state index in [-0.39, 0.29) is 16.1 Å². The summed E-state index contributed by atoms with van der Waals surface area (Å²) in [6, 6.07) is 6.32. The maximum absolute atomic E-state index is 12.3. The van der Waals surface area contributed by atoms with Crippen LogP contribution in [-0.2, 0) is 10.0 Å². The smallest absolute Gasteiger partial charge is 0.270 e. The highest BCUT2D eigenvalue weighted by molar-refractivity contribution is 7.89. The summed E-state index contributed by atoms with van der Waals surface area (Å²) in [5.74, 6) is -0.411. The highest BCUT2D eigenvalue weighted by atomic mass is 32.2. The first-order valence-corrected chi connectivity index (χ1v) is 9.01. The lowest BCUT2D eigenvalue weighted by Gasteiger charge is -2.14. The first-order chi connectivity index (χ1) is 12.0. The molecule has 0 aliphatic carbocycles. The Balaban J connectivity index is 2.53. The molecular formula is C17H18N3O5S-. The number of hydrogen-bond acceptors (Lipinski definition) is 6. The van der Waals surface area contributed by atoms with E-state index in [1.54, 1.807) is 19.9 Å². The second-order valence-corrected chi connectivity index (χ2v) is 8.06. The van der Waals surface area contributed by atoms with E-state index in [0.29, 0.717) is 5.69 Å². The molecule has 0 saturated carbocycles. The molecule has 0 atom stereocenters. The van der Waals surface area contributed by atoms with Crippen molar-refractivity contribution in [2.24, 2.45) is 4.99 Å². The van der Waals surface area contributed by atoms with E-state index in [0.717, 1.165) is 33.6 Å². The van der Waals surface area contributed by atoms with Crippen molar-refractivity contribution < 1.29 is 18.4 Å². The van der Waals surface area contributed by atoms with Crippen LogP contribution in [0.1, 0.15) is 16.7 Å². The zero-order chi connectivity index (χ0) is 19.6. The van der Waals surface area contributed by atoms with Crippen LogP contribution >= 0.6 is 0 Å². The number of sulfonamides is 1. The van der Waals surface area contributed by atoms with E-state index >= 15 is 0 Å². The normalized spacial score (nSPS) is 12.0. The zero-order valence-corrected chi connectivity index (χ0v) is 15.6. The lowest BCUT2D eigenvalue weighted by atomic mass is 10.1. The number of nitro benzene ring substituents is 1. The molecule has 0 bridgehead atoms. The molecule has 8 nitrogen and oxygen atoms in total. The number of nitro groups is 1. The van der Waals surface area contributed by atoms with Crippen molar-refractivity contribution in [3.05, 3.63) is 57.1 Å². The fraction of sp³-hybridized carbons (Fsp3) is 0.235. The summed E-state index contributed by atoms with van der Waals surface area (Å²) in [6.07, 6.45) is 1.21. The van der Waals surface area contributed by atoms with E-state index in [1.165, 1.54) is 26.4 Å². The van der Waals surface area contributed by atoms with Crippen LogP contribution in [-0.4, -0.2) is 38.0 Å². The first-order valence-electron chi connectivity index (χ1n) is 7.57. The van der Waals surface area contributed by atoms with E-state index in [9.17, 15) is 23.6 Å². The molecule has 2 rings (SSSR count). The van der Waals surface area contributed by atoms with E-state index in [1.807, 2.05) is 0 Å². The number of aryl methyl sites for hydroxylation is 1. The van der Waals surface area contributed by atoms with Crippen molar-refractivity contribution in [3.63, 3.8) is 0 Å². The van der Waals surface area contributed by atoms with Gasteiger partial charge in [-0.2, -0.15) is 0 Å². The molecule has 0 aliphatic rings. The van der Waals surface area contributed by atoms with Crippen LogP contribution in [0, 0.1) is 24.0 Å². The molecule has 26 heavy (non-hydrogen) atoms. The van der Waals surface area contributed by atoms with Crippen molar-refractivity contribution in [1.29, 1.82) is 0 Å². The first kappa shape index (κ1) is 19.5. The number of non-ortho nitro benzene ring substituents is 1. The molecule has 2 aromatic carbocycles. The quantitative estimate of drug-likeness (QED) is 0.451. The van der Waals surface area contributed by atoms with Crippen LogP contribution in [0.25, 0.3) is 0 Å². The van der Waals surface area contributed by atoms with Crippen LogP contribution in [0.3, 0.4) is 0 Å². The summed E-state index contributed by atoms with van der Waals surface area (Å²) >= 11 is 0. The third-order valence-corrected chi connectivity index (χ3v) is 5.73. The highest BCUT2D eigenvalue weighted by Crippen LogP contribution is 2.28. The third kappa shape index (κ3) is 3.89. The summed E-state index contributed by atoms with van der Waals surface area (Å²) in [7, 11) is -0.778. The van der Waals surface area contributed by atoms with Crippen LogP contribution in [0.5, 0.6) is 5.75 Å². The molecule has 0 fully saturated rings. The van der Waals surface area contributed by atoms with Crippen LogP contribution < -0.4 is 5.11 Å². The zero-order valence-electron chi connectivity index (χ0n) is 14.8. The average Bonchev–Trinajstić information content (AvgIpc) is 2.56. The molecule has 0 unspecified atom stereocenters. The largest absolute Gasteiger partial charge is 0.872 e. The summed E-state index contributed by atoms with van der Waals surface area (Å²) in [4.78, 5) is 14.5. The molecule has 0 saturated heterocycles. The predicted molar refractivity (Wildman–Crippen MR) is 96.6 cm³/mol. The molecular weight excluding hydrogens is 358 g/mol. The Labute approximate surface area is 151 Å². The molecule has 0 spiro atoms. The molecule has 0 aliphatic heterocycles. The van der Waals surface area contributed by atoms with Gasteiger partial charge in [0.2, 0.25) is 10.0 Å². The standard InChI is InChI=1S/C17H19N3O5S/c1-11-7-15(26(24,25)19(3)4)9-16(12(11)2)18-10-13-8-14(20(22)23)5-6-17(13)21/h5-10,21H,1-4H3/p-1. The number of aliphatic imine (C=N–C) groups is 1. The van der Waals surface area contributed by atoms with Crippen molar-refractivity contribution >= 4 is 27.6 Å². The van der Waals surface area contributed by atoms with Gasteiger partial charge in [0.1, 0.15) is 0 Å². The fourth-order valence-corrected chi connectivity index (χ4v) is 3.20. The molecule has 0 heterocycles. The van der Waals surface area contributed by atoms with E-state index in [2.05, 4.69) is 4.99 Å². The summed E-state index contributed by atoms with van der Waals surface area (Å²) < 4.78 is 25.8. The summed E-state index contributed by atoms with van der Waals surface area (Å²) in [5.41, 5.74) is 1.68. The topological polar surface area (TPSA) is 116 Å². The van der Waals surface area contributed by atoms with Crippen molar-refractivity contribution in [2.75, 3.05) is 14.1 Å². The van der Waals surface area contributed by atoms with Gasteiger partial charge in [-0.3, -0.25) is 15.1 Å². The molecule has 138 valence electrons. The Morgan fingerprint density at radius 3 is 2.38 bits per heavy atom. The van der Waals surface area contributed by atoms with Crippen molar-refractivity contribution in [3.8, 4) is 5.75 Å². The maximum atomic E-state index is 12.3. The van der Waals surface area contributed by atoms with Gasteiger partial charge in [0.25, 0.3) is 5.69 Å². The van der Waals surface area contributed by atoms with E-state index < -0.39 is 20.7 Å². The number of hydrogen-bond donors (Lipinski definition) is 0.